The maximum Gasteiger partial charge on any atom is 0.350 e. The van der Waals surface area contributed by atoms with Gasteiger partial charge in [0.2, 0.25) is 0 Å². The normalized spacial score (nSPS) is 17.5. The van der Waals surface area contributed by atoms with Gasteiger partial charge >= 0.3 is 11.9 Å². The van der Waals surface area contributed by atoms with Crippen LogP contribution in [-0.2, 0) is 14.3 Å². The summed E-state index contributed by atoms with van der Waals surface area (Å²) in [6.07, 6.45) is 0. The average molecular weight is 466 g/mol. The molecule has 2 heterocycles. The molecule has 1 amide bonds. The fourth-order valence-electron chi connectivity index (χ4n) is 3.66. The molecule has 0 saturated carbocycles. The number of nitrogens with zero attached hydrogens (tertiary/aromatic N) is 2. The number of Topliss-reactive ketones (excluding diaryl/α,β-unsaturated/α-hetero) is 1. The summed E-state index contributed by atoms with van der Waals surface area (Å²) in [7, 11) is 1.22. The molecule has 1 N–H and O–H groups in total. The van der Waals surface area contributed by atoms with Crippen molar-refractivity contribution < 1.29 is 28.6 Å². The third kappa shape index (κ3) is 3.80. The van der Waals surface area contributed by atoms with Gasteiger partial charge in [0.15, 0.2) is 5.13 Å². The third-order valence-electron chi connectivity index (χ3n) is 5.33. The molecule has 0 spiro atoms. The van der Waals surface area contributed by atoms with Crippen LogP contribution in [-0.4, -0.2) is 34.9 Å². The van der Waals surface area contributed by atoms with Crippen LogP contribution in [0.3, 0.4) is 0 Å². The number of aromatic nitrogens is 1. The van der Waals surface area contributed by atoms with Gasteiger partial charge in [-0.1, -0.05) is 59.4 Å². The smallest absolute Gasteiger partial charge is 0.350 e. The second-order valence-corrected chi connectivity index (χ2v) is 8.44. The van der Waals surface area contributed by atoms with Gasteiger partial charge < -0.3 is 9.84 Å². The minimum atomic E-state index is -1.27. The standard InChI is InChI=1S/C24H19FN2O5S/c1-12-8-10-14(11-9-12)19(28)17-18(15-6-4-5-7-16(15)25)27(22(30)20(17)29)24-26-13(2)21(33-24)23(31)32-3/h4-11,18,28H,1-3H3/b19-17+/t18-/m1/s1. The van der Waals surface area contributed by atoms with Gasteiger partial charge in [-0.15, -0.1) is 0 Å². The number of aryl methyl sites for hydroxylation is 2. The van der Waals surface area contributed by atoms with Crippen molar-refractivity contribution in [1.82, 2.24) is 4.98 Å². The van der Waals surface area contributed by atoms with Crippen LogP contribution in [0.25, 0.3) is 5.76 Å². The summed E-state index contributed by atoms with van der Waals surface area (Å²) in [5, 5.41) is 11.1. The van der Waals surface area contributed by atoms with Gasteiger partial charge in [0.1, 0.15) is 22.5 Å². The number of hydrogen-bond donors (Lipinski definition) is 1. The van der Waals surface area contributed by atoms with Crippen LogP contribution in [0.5, 0.6) is 0 Å². The Bertz CT molecular complexity index is 1310. The van der Waals surface area contributed by atoms with Crippen molar-refractivity contribution in [3.05, 3.63) is 87.2 Å². The number of anilines is 1. The molecule has 0 radical (unpaired) electrons. The Kier molecular flexibility index (Phi) is 5.82. The molecular weight excluding hydrogens is 447 g/mol. The van der Waals surface area contributed by atoms with Crippen molar-refractivity contribution >= 4 is 39.9 Å². The van der Waals surface area contributed by atoms with Crippen LogP contribution >= 0.6 is 11.3 Å². The summed E-state index contributed by atoms with van der Waals surface area (Å²) >= 11 is 0.852. The highest BCUT2D eigenvalue weighted by Gasteiger charge is 2.49. The number of benzene rings is 2. The summed E-state index contributed by atoms with van der Waals surface area (Å²) in [5.41, 5.74) is 1.30. The van der Waals surface area contributed by atoms with Crippen molar-refractivity contribution in [2.24, 2.45) is 0 Å². The van der Waals surface area contributed by atoms with Crippen molar-refractivity contribution in [2.75, 3.05) is 12.0 Å². The van der Waals surface area contributed by atoms with Crippen molar-refractivity contribution in [3.8, 4) is 0 Å². The zero-order valence-electron chi connectivity index (χ0n) is 18.0. The number of hydrogen-bond acceptors (Lipinski definition) is 7. The second-order valence-electron chi connectivity index (χ2n) is 7.46. The molecule has 0 unspecified atom stereocenters. The van der Waals surface area contributed by atoms with Crippen LogP contribution in [0.4, 0.5) is 9.52 Å². The number of carbonyl (C=O) groups is 3. The lowest BCUT2D eigenvalue weighted by Crippen LogP contribution is -2.29. The lowest BCUT2D eigenvalue weighted by atomic mass is 9.95. The monoisotopic (exact) mass is 466 g/mol. The predicted octanol–water partition coefficient (Wildman–Crippen LogP) is 4.31. The van der Waals surface area contributed by atoms with E-state index >= 15 is 0 Å². The fraction of sp³-hybridized carbons (Fsp3) is 0.167. The van der Waals surface area contributed by atoms with E-state index in [1.165, 1.54) is 25.3 Å². The molecule has 4 rings (SSSR count). The van der Waals surface area contributed by atoms with E-state index in [4.69, 9.17) is 4.74 Å². The van der Waals surface area contributed by atoms with Crippen LogP contribution < -0.4 is 4.90 Å². The molecule has 1 fully saturated rings. The van der Waals surface area contributed by atoms with Gasteiger partial charge in [-0.3, -0.25) is 14.5 Å². The quantitative estimate of drug-likeness (QED) is 0.266. The first kappa shape index (κ1) is 22.3. The van der Waals surface area contributed by atoms with E-state index in [1.807, 2.05) is 6.92 Å². The molecule has 1 aromatic heterocycles. The fourth-order valence-corrected chi connectivity index (χ4v) is 4.67. The zero-order chi connectivity index (χ0) is 23.9. The largest absolute Gasteiger partial charge is 0.507 e. The summed E-state index contributed by atoms with van der Waals surface area (Å²) in [6, 6.07) is 11.1. The summed E-state index contributed by atoms with van der Waals surface area (Å²) < 4.78 is 19.6. The van der Waals surface area contributed by atoms with Gasteiger partial charge in [0.05, 0.1) is 18.4 Å². The van der Waals surface area contributed by atoms with E-state index < -0.39 is 35.3 Å². The highest BCUT2D eigenvalue weighted by Crippen LogP contribution is 2.44. The molecular formula is C24H19FN2O5S. The van der Waals surface area contributed by atoms with Crippen LogP contribution in [0.15, 0.2) is 54.1 Å². The average Bonchev–Trinajstić information content (AvgIpc) is 3.30. The van der Waals surface area contributed by atoms with E-state index in [9.17, 15) is 23.9 Å². The highest BCUT2D eigenvalue weighted by atomic mass is 32.1. The molecule has 0 bridgehead atoms. The first-order valence-electron chi connectivity index (χ1n) is 9.92. The Morgan fingerprint density at radius 2 is 1.79 bits per heavy atom. The Balaban J connectivity index is 1.95. The first-order valence-corrected chi connectivity index (χ1v) is 10.7. The molecule has 168 valence electrons. The molecule has 7 nitrogen and oxygen atoms in total. The number of aliphatic hydroxyl groups is 1. The number of thiazole rings is 1. The predicted molar refractivity (Wildman–Crippen MR) is 121 cm³/mol. The molecule has 3 aromatic rings. The third-order valence-corrected chi connectivity index (χ3v) is 6.47. The van der Waals surface area contributed by atoms with Crippen molar-refractivity contribution in [1.29, 1.82) is 0 Å². The number of carbonyl (C=O) groups excluding carboxylic acids is 3. The number of aliphatic hydroxyl groups excluding tert-OH is 1. The Morgan fingerprint density at radius 1 is 1.12 bits per heavy atom. The van der Waals surface area contributed by atoms with Crippen LogP contribution in [0, 0.1) is 19.7 Å². The van der Waals surface area contributed by atoms with E-state index in [2.05, 4.69) is 4.98 Å². The van der Waals surface area contributed by atoms with E-state index in [0.29, 0.717) is 11.3 Å². The molecule has 2 aromatic carbocycles. The number of halogens is 1. The van der Waals surface area contributed by atoms with Crippen molar-refractivity contribution in [3.63, 3.8) is 0 Å². The number of ether oxygens (including phenoxy) is 1. The van der Waals surface area contributed by atoms with Gasteiger partial charge in [-0.05, 0) is 19.9 Å². The molecule has 1 atom stereocenters. The van der Waals surface area contributed by atoms with Crippen LogP contribution in [0.1, 0.15) is 38.1 Å². The number of methoxy groups -OCH3 is 1. The molecule has 9 heteroatoms. The minimum Gasteiger partial charge on any atom is -0.507 e. The summed E-state index contributed by atoms with van der Waals surface area (Å²) in [6.45, 7) is 3.43. The Hall–Kier alpha value is -3.85. The van der Waals surface area contributed by atoms with Crippen LogP contribution in [0.2, 0.25) is 0 Å². The maximum atomic E-state index is 14.9. The SMILES string of the molecule is COC(=O)c1sc(N2C(=O)C(=O)/C(=C(/O)c3ccc(C)cc3)[C@H]2c2ccccc2F)nc1C. The Morgan fingerprint density at radius 3 is 2.42 bits per heavy atom. The Labute approximate surface area is 192 Å². The van der Waals surface area contributed by atoms with Gasteiger partial charge in [0.25, 0.3) is 5.78 Å². The number of rotatable bonds is 4. The van der Waals surface area contributed by atoms with E-state index in [-0.39, 0.29) is 21.1 Å². The lowest BCUT2D eigenvalue weighted by Gasteiger charge is -2.23. The molecule has 1 saturated heterocycles. The highest BCUT2D eigenvalue weighted by molar-refractivity contribution is 7.17. The van der Waals surface area contributed by atoms with Gasteiger partial charge in [0, 0.05) is 11.1 Å². The topological polar surface area (TPSA) is 96.8 Å². The summed E-state index contributed by atoms with van der Waals surface area (Å²) in [5.74, 6) is -3.69. The summed E-state index contributed by atoms with van der Waals surface area (Å²) in [4.78, 5) is 43.7. The molecule has 33 heavy (non-hydrogen) atoms. The molecule has 1 aliphatic rings. The first-order chi connectivity index (χ1) is 15.7. The number of ketones is 1. The maximum absolute atomic E-state index is 14.9. The van der Waals surface area contributed by atoms with Gasteiger partial charge in [-0.2, -0.15) is 0 Å². The lowest BCUT2D eigenvalue weighted by molar-refractivity contribution is -0.132. The molecule has 1 aliphatic heterocycles. The molecule has 0 aliphatic carbocycles. The van der Waals surface area contributed by atoms with E-state index in [1.54, 1.807) is 37.3 Å². The van der Waals surface area contributed by atoms with Crippen molar-refractivity contribution in [2.45, 2.75) is 19.9 Å². The minimum absolute atomic E-state index is 0.0119. The van der Waals surface area contributed by atoms with E-state index in [0.717, 1.165) is 21.8 Å². The zero-order valence-corrected chi connectivity index (χ0v) is 18.8. The van der Waals surface area contributed by atoms with Gasteiger partial charge in [-0.25, -0.2) is 14.2 Å². The number of esters is 1. The second kappa shape index (κ2) is 8.59. The number of amides is 1.